The highest BCUT2D eigenvalue weighted by atomic mass is 28.4. The highest BCUT2D eigenvalue weighted by Crippen LogP contribution is 2.37. The minimum Gasteiger partial charge on any atom is -0.543 e. The van der Waals surface area contributed by atoms with E-state index in [1.165, 1.54) is 0 Å². The normalized spacial score (nSPS) is 11.3. The van der Waals surface area contributed by atoms with Crippen LogP contribution in [0.1, 0.15) is 63.7 Å². The second-order valence-electron chi connectivity index (χ2n) is 9.06. The molecule has 5 heteroatoms. The summed E-state index contributed by atoms with van der Waals surface area (Å²) in [5, 5.41) is 9.28. The first-order valence-electron chi connectivity index (χ1n) is 9.74. The predicted octanol–water partition coefficient (Wildman–Crippen LogP) is 6.32. The lowest BCUT2D eigenvalue weighted by Gasteiger charge is -2.36. The minimum atomic E-state index is -1.81. The van der Waals surface area contributed by atoms with E-state index in [2.05, 4.69) is 33.9 Å². The van der Waals surface area contributed by atoms with E-state index in [1.54, 1.807) is 26.0 Å². The number of carbonyl (C=O) groups is 2. The van der Waals surface area contributed by atoms with Crippen LogP contribution >= 0.6 is 0 Å². The van der Waals surface area contributed by atoms with E-state index in [4.69, 9.17) is 9.53 Å². The van der Waals surface area contributed by atoms with Crippen molar-refractivity contribution in [3.8, 4) is 11.5 Å². The molecule has 0 heterocycles. The van der Waals surface area contributed by atoms with Crippen LogP contribution in [0.3, 0.4) is 0 Å². The van der Waals surface area contributed by atoms with Gasteiger partial charge in [0.15, 0.2) is 12.6 Å². The van der Waals surface area contributed by atoms with Crippen molar-refractivity contribution in [3.63, 3.8) is 0 Å². The maximum Gasteiger partial charge on any atom is 0.250 e. The van der Waals surface area contributed by atoms with Gasteiger partial charge in [-0.05, 0) is 92.3 Å². The van der Waals surface area contributed by atoms with Gasteiger partial charge in [-0.2, -0.15) is 0 Å². The summed E-state index contributed by atoms with van der Waals surface area (Å²) in [6.07, 6.45) is 1.73. The molecule has 0 atom stereocenters. The van der Waals surface area contributed by atoms with Crippen molar-refractivity contribution in [1.82, 2.24) is 0 Å². The number of carbonyl (C=O) groups excluding carboxylic acids is 2. The third kappa shape index (κ3) is 6.29. The highest BCUT2D eigenvalue weighted by Gasteiger charge is 2.39. The molecule has 0 aliphatic rings. The zero-order valence-electron chi connectivity index (χ0n) is 19.1. The van der Waals surface area contributed by atoms with Gasteiger partial charge in [0, 0.05) is 11.1 Å². The highest BCUT2D eigenvalue weighted by molar-refractivity contribution is 6.74. The predicted molar refractivity (Wildman–Crippen MR) is 122 cm³/mol. The van der Waals surface area contributed by atoms with E-state index >= 15 is 0 Å². The number of benzene rings is 2. The van der Waals surface area contributed by atoms with Crippen molar-refractivity contribution in [1.29, 1.82) is 0 Å². The molecule has 158 valence electrons. The first-order valence-corrected chi connectivity index (χ1v) is 12.6. The summed E-state index contributed by atoms with van der Waals surface area (Å²) < 4.78 is 6.25. The Kier molecular flexibility index (Phi) is 7.98. The number of aldehydes is 2. The summed E-state index contributed by atoms with van der Waals surface area (Å²) in [5.74, 6) is 1.10. The number of phenolic OH excluding ortho intramolecular Hbond substituents is 1. The van der Waals surface area contributed by atoms with Gasteiger partial charge in [0.1, 0.15) is 11.5 Å². The van der Waals surface area contributed by atoms with E-state index in [0.29, 0.717) is 5.56 Å². The number of rotatable bonds is 4. The van der Waals surface area contributed by atoms with Crippen LogP contribution < -0.4 is 4.43 Å². The summed E-state index contributed by atoms with van der Waals surface area (Å²) in [7, 11) is -1.81. The average Bonchev–Trinajstić information content (AvgIpc) is 2.53. The molecule has 0 bridgehead atoms. The van der Waals surface area contributed by atoms with Crippen molar-refractivity contribution in [2.75, 3.05) is 0 Å². The molecule has 4 nitrogen and oxygen atoms in total. The van der Waals surface area contributed by atoms with E-state index in [9.17, 15) is 9.59 Å². The molecule has 0 spiro atoms. The average molecular weight is 415 g/mol. The van der Waals surface area contributed by atoms with Crippen LogP contribution in [-0.4, -0.2) is 26.0 Å². The number of hydrogen-bond acceptors (Lipinski definition) is 4. The van der Waals surface area contributed by atoms with Crippen LogP contribution in [0.15, 0.2) is 24.3 Å². The Labute approximate surface area is 176 Å². The number of hydrogen-bond donors (Lipinski definition) is 1. The molecule has 0 fully saturated rings. The van der Waals surface area contributed by atoms with Crippen LogP contribution in [0.4, 0.5) is 0 Å². The summed E-state index contributed by atoms with van der Waals surface area (Å²) >= 11 is 0. The number of aryl methyl sites for hydroxylation is 4. The Bertz CT molecular complexity index is 846. The molecular formula is C24H34O4Si. The Morgan fingerprint density at radius 3 is 1.45 bits per heavy atom. The molecular weight excluding hydrogens is 380 g/mol. The van der Waals surface area contributed by atoms with Gasteiger partial charge >= 0.3 is 0 Å². The Hall–Kier alpha value is -2.40. The van der Waals surface area contributed by atoms with Gasteiger partial charge in [-0.15, -0.1) is 0 Å². The quantitative estimate of drug-likeness (QED) is 0.469. The molecule has 0 radical (unpaired) electrons. The smallest absolute Gasteiger partial charge is 0.250 e. The zero-order valence-corrected chi connectivity index (χ0v) is 20.1. The second kappa shape index (κ2) is 9.40. The fraction of sp³-hybridized carbons (Fsp3) is 0.417. The molecule has 0 unspecified atom stereocenters. The lowest BCUT2D eigenvalue weighted by molar-refractivity contribution is 0.111. The van der Waals surface area contributed by atoms with Gasteiger partial charge in [0.2, 0.25) is 8.32 Å². The van der Waals surface area contributed by atoms with Gasteiger partial charge in [0.25, 0.3) is 0 Å². The van der Waals surface area contributed by atoms with Gasteiger partial charge in [-0.1, -0.05) is 20.8 Å². The van der Waals surface area contributed by atoms with E-state index in [1.807, 2.05) is 26.0 Å². The van der Waals surface area contributed by atoms with Crippen LogP contribution in [0, 0.1) is 27.7 Å². The first-order chi connectivity index (χ1) is 13.2. The largest absolute Gasteiger partial charge is 0.543 e. The molecule has 2 aromatic rings. The molecule has 0 aliphatic heterocycles. The molecule has 1 N–H and O–H groups in total. The summed E-state index contributed by atoms with van der Waals surface area (Å²) in [4.78, 5) is 21.4. The minimum absolute atomic E-state index is 0.179. The van der Waals surface area contributed by atoms with Crippen molar-refractivity contribution in [3.05, 3.63) is 57.6 Å². The maximum atomic E-state index is 11.0. The van der Waals surface area contributed by atoms with Crippen LogP contribution in [0.25, 0.3) is 0 Å². The lowest BCUT2D eigenvalue weighted by atomic mass is 10.0. The molecule has 2 rings (SSSR count). The topological polar surface area (TPSA) is 63.6 Å². The molecule has 0 amide bonds. The summed E-state index contributed by atoms with van der Waals surface area (Å²) in [6.45, 7) is 18.6. The third-order valence-electron chi connectivity index (χ3n) is 5.56. The monoisotopic (exact) mass is 414 g/mol. The summed E-state index contributed by atoms with van der Waals surface area (Å²) in [5.41, 5.74) is 5.05. The maximum absolute atomic E-state index is 11.0. The molecule has 0 saturated carbocycles. The van der Waals surface area contributed by atoms with Crippen molar-refractivity contribution < 1.29 is 19.1 Å². The Morgan fingerprint density at radius 2 is 1.14 bits per heavy atom. The van der Waals surface area contributed by atoms with E-state index in [0.717, 1.165) is 46.1 Å². The van der Waals surface area contributed by atoms with Crippen molar-refractivity contribution >= 4 is 20.9 Å². The van der Waals surface area contributed by atoms with Gasteiger partial charge in [0.05, 0.1) is 0 Å². The number of aromatic hydroxyl groups is 1. The molecule has 0 saturated heterocycles. The molecule has 0 aliphatic carbocycles. The first kappa shape index (κ1) is 24.6. The zero-order chi connectivity index (χ0) is 22.6. The van der Waals surface area contributed by atoms with Crippen molar-refractivity contribution in [2.45, 2.75) is 66.6 Å². The fourth-order valence-corrected chi connectivity index (χ4v) is 3.78. The van der Waals surface area contributed by atoms with E-state index < -0.39 is 8.32 Å². The Morgan fingerprint density at radius 1 is 0.793 bits per heavy atom. The SMILES string of the molecule is Cc1cc(O)cc(C)c1C=O.Cc1cc(O[Si](C)(C)C(C)(C)C)cc(C)c1C=O. The Balaban J connectivity index is 0.000000326. The second-order valence-corrected chi connectivity index (χ2v) is 13.8. The molecule has 0 aromatic heterocycles. The van der Waals surface area contributed by atoms with Crippen LogP contribution in [0.2, 0.25) is 18.1 Å². The van der Waals surface area contributed by atoms with Gasteiger partial charge in [-0.3, -0.25) is 9.59 Å². The third-order valence-corrected chi connectivity index (χ3v) is 9.92. The van der Waals surface area contributed by atoms with E-state index in [-0.39, 0.29) is 10.8 Å². The molecule has 2 aromatic carbocycles. The summed E-state index contributed by atoms with van der Waals surface area (Å²) in [6, 6.07) is 7.10. The van der Waals surface area contributed by atoms with Gasteiger partial charge < -0.3 is 9.53 Å². The standard InChI is InChI=1S/C15H24O2Si.C9H10O2/c1-11-8-13(9-12(2)14(11)10-16)17-18(6,7)15(3,4)5;1-6-3-8(11)4-7(2)9(6)5-10/h8-10H,1-7H3;3-5,11H,1-2H3. The number of phenols is 1. The fourth-order valence-electron chi connectivity index (χ4n) is 2.77. The lowest BCUT2D eigenvalue weighted by Crippen LogP contribution is -2.43. The molecule has 29 heavy (non-hydrogen) atoms. The van der Waals surface area contributed by atoms with Crippen LogP contribution in [0.5, 0.6) is 11.5 Å². The van der Waals surface area contributed by atoms with Crippen molar-refractivity contribution in [2.24, 2.45) is 0 Å². The van der Waals surface area contributed by atoms with Crippen LogP contribution in [-0.2, 0) is 0 Å². The van der Waals surface area contributed by atoms with Gasteiger partial charge in [-0.25, -0.2) is 0 Å².